The molecule has 4 nitrogen and oxygen atoms in total. The molecule has 0 atom stereocenters. The lowest BCUT2D eigenvalue weighted by molar-refractivity contribution is 0.0329. The van der Waals surface area contributed by atoms with E-state index >= 15 is 0 Å². The van der Waals surface area contributed by atoms with Crippen molar-refractivity contribution >= 4 is 17.4 Å². The predicted molar refractivity (Wildman–Crippen MR) is 87.9 cm³/mol. The predicted octanol–water partition coefficient (Wildman–Crippen LogP) is 2.85. The Balaban J connectivity index is 1.72. The minimum absolute atomic E-state index is 0.417. The van der Waals surface area contributed by atoms with Gasteiger partial charge in [-0.1, -0.05) is 6.07 Å². The molecular formula is C16H23N3OS. The first-order valence-corrected chi connectivity index (χ1v) is 8.71. The molecule has 0 aromatic heterocycles. The molecule has 1 fully saturated rings. The van der Waals surface area contributed by atoms with Crippen molar-refractivity contribution in [3.63, 3.8) is 0 Å². The smallest absolute Gasteiger partial charge is 0.102 e. The van der Waals surface area contributed by atoms with Crippen LogP contribution in [-0.2, 0) is 4.74 Å². The van der Waals surface area contributed by atoms with Crippen molar-refractivity contribution in [1.29, 1.82) is 5.26 Å². The molecule has 2 N–H and O–H groups in total. The third-order valence-corrected chi connectivity index (χ3v) is 4.41. The van der Waals surface area contributed by atoms with E-state index in [1.165, 1.54) is 0 Å². The highest BCUT2D eigenvalue weighted by Gasteiger charge is 2.12. The van der Waals surface area contributed by atoms with Gasteiger partial charge in [0, 0.05) is 18.0 Å². The summed E-state index contributed by atoms with van der Waals surface area (Å²) in [6.07, 6.45) is 5.59. The number of nitrogens with one attached hydrogen (secondary N) is 2. The molecule has 0 amide bonds. The molecule has 1 aromatic carbocycles. The topological polar surface area (TPSA) is 57.1 Å². The number of piperidine rings is 1. The standard InChI is InChI=1S/C16H23N3OS/c1-21-16-5-2-4-15(14(16)12-17)19-8-3-11-20-13-6-9-18-10-7-13/h2,4-5,13,18-19H,3,6-11H2,1H3. The molecular weight excluding hydrogens is 282 g/mol. The van der Waals surface area contributed by atoms with Gasteiger partial charge in [-0.2, -0.15) is 5.26 Å². The second-order valence-electron chi connectivity index (χ2n) is 5.10. The first-order valence-electron chi connectivity index (χ1n) is 7.48. The molecule has 1 heterocycles. The Labute approximate surface area is 131 Å². The van der Waals surface area contributed by atoms with Crippen LogP contribution < -0.4 is 10.6 Å². The lowest BCUT2D eigenvalue weighted by Gasteiger charge is -2.23. The Morgan fingerprint density at radius 2 is 2.24 bits per heavy atom. The molecule has 0 aliphatic carbocycles. The molecule has 0 bridgehead atoms. The average molecular weight is 305 g/mol. The van der Waals surface area contributed by atoms with Gasteiger partial charge in [0.2, 0.25) is 0 Å². The number of hydrogen-bond donors (Lipinski definition) is 2. The third kappa shape index (κ3) is 4.92. The Bertz CT molecular complexity index is 481. The van der Waals surface area contributed by atoms with Crippen LogP contribution in [0.2, 0.25) is 0 Å². The first-order chi connectivity index (χ1) is 10.3. The average Bonchev–Trinajstić information content (AvgIpc) is 2.55. The Kier molecular flexibility index (Phi) is 6.87. The van der Waals surface area contributed by atoms with E-state index in [4.69, 9.17) is 4.74 Å². The Morgan fingerprint density at radius 3 is 2.95 bits per heavy atom. The van der Waals surface area contributed by atoms with Crippen molar-refractivity contribution in [1.82, 2.24) is 5.32 Å². The fourth-order valence-corrected chi connectivity index (χ4v) is 3.05. The quantitative estimate of drug-likeness (QED) is 0.599. The highest BCUT2D eigenvalue weighted by atomic mass is 32.2. The molecule has 0 spiro atoms. The fourth-order valence-electron chi connectivity index (χ4n) is 2.47. The van der Waals surface area contributed by atoms with Gasteiger partial charge in [-0.3, -0.25) is 0 Å². The number of thioether (sulfide) groups is 1. The van der Waals surface area contributed by atoms with Gasteiger partial charge in [0.1, 0.15) is 6.07 Å². The number of rotatable bonds is 7. The molecule has 0 radical (unpaired) electrons. The van der Waals surface area contributed by atoms with Gasteiger partial charge >= 0.3 is 0 Å². The number of hydrogen-bond acceptors (Lipinski definition) is 5. The summed E-state index contributed by atoms with van der Waals surface area (Å²) >= 11 is 1.60. The number of benzene rings is 1. The van der Waals surface area contributed by atoms with Gasteiger partial charge < -0.3 is 15.4 Å². The van der Waals surface area contributed by atoms with Gasteiger partial charge in [-0.15, -0.1) is 11.8 Å². The third-order valence-electron chi connectivity index (χ3n) is 3.63. The van der Waals surface area contributed by atoms with Gasteiger partial charge in [0.25, 0.3) is 0 Å². The van der Waals surface area contributed by atoms with Gasteiger partial charge in [-0.25, -0.2) is 0 Å². The van der Waals surface area contributed by atoms with E-state index in [9.17, 15) is 5.26 Å². The van der Waals surface area contributed by atoms with Crippen molar-refractivity contribution < 1.29 is 4.74 Å². The van der Waals surface area contributed by atoms with Crippen molar-refractivity contribution in [3.05, 3.63) is 23.8 Å². The summed E-state index contributed by atoms with van der Waals surface area (Å²) < 4.78 is 5.87. The van der Waals surface area contributed by atoms with E-state index < -0.39 is 0 Å². The summed E-state index contributed by atoms with van der Waals surface area (Å²) in [5, 5.41) is 16.0. The normalized spacial score (nSPS) is 15.6. The number of ether oxygens (including phenoxy) is 1. The number of nitriles is 1. The summed E-state index contributed by atoms with van der Waals surface area (Å²) in [4.78, 5) is 1.02. The second-order valence-corrected chi connectivity index (χ2v) is 5.94. The Hall–Kier alpha value is -1.22. The molecule has 1 aromatic rings. The van der Waals surface area contributed by atoms with E-state index in [2.05, 4.69) is 16.7 Å². The van der Waals surface area contributed by atoms with Crippen molar-refractivity contribution in [2.75, 3.05) is 37.8 Å². The maximum atomic E-state index is 9.27. The summed E-state index contributed by atoms with van der Waals surface area (Å²) in [7, 11) is 0. The van der Waals surface area contributed by atoms with Gasteiger partial charge in [-0.05, 0) is 50.7 Å². The maximum Gasteiger partial charge on any atom is 0.102 e. The zero-order chi connectivity index (χ0) is 14.9. The zero-order valence-electron chi connectivity index (χ0n) is 12.5. The molecule has 0 saturated carbocycles. The van der Waals surface area contributed by atoms with Crippen LogP contribution in [0.15, 0.2) is 23.1 Å². The van der Waals surface area contributed by atoms with Crippen LogP contribution in [0.1, 0.15) is 24.8 Å². The summed E-state index contributed by atoms with van der Waals surface area (Å²) in [6, 6.07) is 8.22. The molecule has 1 saturated heterocycles. The van der Waals surface area contributed by atoms with Gasteiger partial charge in [0.05, 0.1) is 17.4 Å². The molecule has 1 aliphatic rings. The van der Waals surface area contributed by atoms with Crippen LogP contribution in [0.25, 0.3) is 0 Å². The Morgan fingerprint density at radius 1 is 1.43 bits per heavy atom. The van der Waals surface area contributed by atoms with E-state index in [-0.39, 0.29) is 0 Å². The highest BCUT2D eigenvalue weighted by molar-refractivity contribution is 7.98. The lowest BCUT2D eigenvalue weighted by atomic mass is 10.1. The van der Waals surface area contributed by atoms with Crippen molar-refractivity contribution in [2.24, 2.45) is 0 Å². The van der Waals surface area contributed by atoms with E-state index in [0.29, 0.717) is 6.10 Å². The summed E-state index contributed by atoms with van der Waals surface area (Å²) in [5.74, 6) is 0. The van der Waals surface area contributed by atoms with E-state index in [1.54, 1.807) is 11.8 Å². The molecule has 1 aliphatic heterocycles. The maximum absolute atomic E-state index is 9.27. The monoisotopic (exact) mass is 305 g/mol. The number of anilines is 1. The van der Waals surface area contributed by atoms with Crippen LogP contribution in [-0.4, -0.2) is 38.6 Å². The zero-order valence-corrected chi connectivity index (χ0v) is 13.3. The second kappa shape index (κ2) is 8.93. The minimum Gasteiger partial charge on any atom is -0.384 e. The van der Waals surface area contributed by atoms with Crippen LogP contribution in [0.4, 0.5) is 5.69 Å². The first kappa shape index (κ1) is 16.2. The molecule has 2 rings (SSSR count). The molecule has 114 valence electrons. The van der Waals surface area contributed by atoms with E-state index in [1.807, 2.05) is 24.5 Å². The lowest BCUT2D eigenvalue weighted by Crippen LogP contribution is -2.32. The van der Waals surface area contributed by atoms with E-state index in [0.717, 1.165) is 61.6 Å². The summed E-state index contributed by atoms with van der Waals surface area (Å²) in [6.45, 7) is 3.74. The molecule has 0 unspecified atom stereocenters. The van der Waals surface area contributed by atoms with Crippen LogP contribution >= 0.6 is 11.8 Å². The largest absolute Gasteiger partial charge is 0.384 e. The SMILES string of the molecule is CSc1cccc(NCCCOC2CCNCC2)c1C#N. The fraction of sp³-hybridized carbons (Fsp3) is 0.562. The highest BCUT2D eigenvalue weighted by Crippen LogP contribution is 2.26. The minimum atomic E-state index is 0.417. The number of nitrogens with zero attached hydrogens (tertiary/aromatic N) is 1. The van der Waals surface area contributed by atoms with Crippen LogP contribution in [0.3, 0.4) is 0 Å². The van der Waals surface area contributed by atoms with Crippen molar-refractivity contribution in [2.45, 2.75) is 30.3 Å². The summed E-state index contributed by atoms with van der Waals surface area (Å²) in [5.41, 5.74) is 1.66. The molecule has 5 heteroatoms. The molecule has 21 heavy (non-hydrogen) atoms. The van der Waals surface area contributed by atoms with Crippen LogP contribution in [0.5, 0.6) is 0 Å². The van der Waals surface area contributed by atoms with Gasteiger partial charge in [0.15, 0.2) is 0 Å². The van der Waals surface area contributed by atoms with Crippen molar-refractivity contribution in [3.8, 4) is 6.07 Å². The van der Waals surface area contributed by atoms with Crippen LogP contribution in [0, 0.1) is 11.3 Å².